The molecule has 1 saturated heterocycles. The van der Waals surface area contributed by atoms with Gasteiger partial charge in [0.05, 0.1) is 32.3 Å². The van der Waals surface area contributed by atoms with Crippen LogP contribution in [0.25, 0.3) is 21.8 Å². The second kappa shape index (κ2) is 9.93. The van der Waals surface area contributed by atoms with Crippen molar-refractivity contribution >= 4 is 70.2 Å². The molecular weight excluding hydrogens is 497 g/mol. The summed E-state index contributed by atoms with van der Waals surface area (Å²) < 4.78 is 12.2. The van der Waals surface area contributed by atoms with E-state index in [1.54, 1.807) is 36.7 Å². The van der Waals surface area contributed by atoms with Crippen molar-refractivity contribution in [2.75, 3.05) is 0 Å². The number of rotatable bonds is 2. The van der Waals surface area contributed by atoms with Gasteiger partial charge in [0.25, 0.3) is 0 Å². The predicted octanol–water partition coefficient (Wildman–Crippen LogP) is 4.37. The number of aromatic nitrogens is 2. The van der Waals surface area contributed by atoms with Crippen LogP contribution in [0.4, 0.5) is 0 Å². The molecule has 0 atom stereocenters. The Morgan fingerprint density at radius 1 is 0.778 bits per heavy atom. The van der Waals surface area contributed by atoms with E-state index in [0.29, 0.717) is 15.5 Å². The van der Waals surface area contributed by atoms with E-state index < -0.39 is 7.12 Å². The predicted molar refractivity (Wildman–Crippen MR) is 149 cm³/mol. The van der Waals surface area contributed by atoms with E-state index in [2.05, 4.69) is 43.7 Å². The number of halogens is 2. The Kier molecular flexibility index (Phi) is 7.41. The highest BCUT2D eigenvalue weighted by Gasteiger charge is 2.51. The van der Waals surface area contributed by atoms with Gasteiger partial charge in [0.15, 0.2) is 0 Å². The smallest absolute Gasteiger partial charge is 0.423 e. The lowest BCUT2D eigenvalue weighted by atomic mass is 9.77. The maximum absolute atomic E-state index is 9.09. The molecule has 1 aliphatic rings. The van der Waals surface area contributed by atoms with Gasteiger partial charge in [-0.2, -0.15) is 0 Å². The van der Waals surface area contributed by atoms with Crippen LogP contribution >= 0.6 is 23.2 Å². The van der Waals surface area contributed by atoms with Crippen LogP contribution in [0.3, 0.4) is 0 Å². The van der Waals surface area contributed by atoms with Gasteiger partial charge in [0, 0.05) is 23.2 Å². The van der Waals surface area contributed by atoms with Crippen LogP contribution in [0.2, 0.25) is 10.0 Å². The Bertz CT molecular complexity index is 1430. The number of fused-ring (bicyclic) bond motifs is 2. The molecule has 0 saturated carbocycles. The molecule has 4 aromatic rings. The Hall–Kier alpha value is -2.19. The van der Waals surface area contributed by atoms with Crippen LogP contribution in [0.15, 0.2) is 48.8 Å². The van der Waals surface area contributed by atoms with Crippen LogP contribution in [-0.2, 0) is 9.31 Å². The number of hydrogen-bond acceptors (Lipinski definition) is 6. The molecular formula is C26H28B2Cl2N2O4. The van der Waals surface area contributed by atoms with E-state index in [1.165, 1.54) is 0 Å². The van der Waals surface area contributed by atoms with Crippen LogP contribution < -0.4 is 10.9 Å². The maximum Gasteiger partial charge on any atom is 0.494 e. The highest BCUT2D eigenvalue weighted by Crippen LogP contribution is 2.37. The molecule has 186 valence electrons. The molecule has 2 N–H and O–H groups in total. The molecule has 5 rings (SSSR count). The highest BCUT2D eigenvalue weighted by molar-refractivity contribution is 6.62. The summed E-state index contributed by atoms with van der Waals surface area (Å²) in [6.45, 7) is 12.1. The van der Waals surface area contributed by atoms with Crippen molar-refractivity contribution in [3.8, 4) is 0 Å². The van der Waals surface area contributed by atoms with E-state index in [-0.39, 0.29) is 18.3 Å². The first-order chi connectivity index (χ1) is 16.8. The van der Waals surface area contributed by atoms with Crippen molar-refractivity contribution in [2.24, 2.45) is 0 Å². The fourth-order valence-corrected chi connectivity index (χ4v) is 4.52. The fraction of sp³-hybridized carbons (Fsp3) is 0.308. The monoisotopic (exact) mass is 524 g/mol. The Labute approximate surface area is 221 Å². The molecule has 0 unspecified atom stereocenters. The van der Waals surface area contributed by atoms with E-state index in [0.717, 1.165) is 38.4 Å². The van der Waals surface area contributed by atoms with E-state index in [9.17, 15) is 0 Å². The maximum atomic E-state index is 9.09. The van der Waals surface area contributed by atoms with Crippen molar-refractivity contribution in [1.29, 1.82) is 0 Å². The first kappa shape index (κ1) is 26.9. The first-order valence-electron chi connectivity index (χ1n) is 11.6. The van der Waals surface area contributed by atoms with E-state index in [1.807, 2.05) is 19.9 Å². The van der Waals surface area contributed by atoms with Gasteiger partial charge in [-0.1, -0.05) is 47.5 Å². The summed E-state index contributed by atoms with van der Waals surface area (Å²) in [6.07, 6.45) is 3.36. The summed E-state index contributed by atoms with van der Waals surface area (Å²) in [6, 6.07) is 10.9. The van der Waals surface area contributed by atoms with Crippen molar-refractivity contribution in [1.82, 2.24) is 9.97 Å². The zero-order valence-electron chi connectivity index (χ0n) is 21.1. The van der Waals surface area contributed by atoms with Crippen LogP contribution in [0.5, 0.6) is 0 Å². The quantitative estimate of drug-likeness (QED) is 0.379. The SMILES string of the molecule is Cc1cc(B(O)O)cc2c(Cl)ccnc12.Cc1cc(B2OC(C)(C)C(C)(C)O2)cc2c(Cl)ccnc12. The molecule has 1 aliphatic heterocycles. The molecule has 0 bridgehead atoms. The average Bonchev–Trinajstić information content (AvgIpc) is 3.02. The van der Waals surface area contributed by atoms with Gasteiger partial charge in [0.1, 0.15) is 0 Å². The summed E-state index contributed by atoms with van der Waals surface area (Å²) in [5.41, 5.74) is 4.36. The molecule has 2 aromatic heterocycles. The van der Waals surface area contributed by atoms with Crippen LogP contribution in [0.1, 0.15) is 38.8 Å². The normalized spacial score (nSPS) is 16.2. The molecule has 0 amide bonds. The molecule has 36 heavy (non-hydrogen) atoms. The molecule has 0 aliphatic carbocycles. The number of benzene rings is 2. The number of hydrogen-bond donors (Lipinski definition) is 2. The summed E-state index contributed by atoms with van der Waals surface area (Å²) in [7, 11) is -1.86. The fourth-order valence-electron chi connectivity index (χ4n) is 4.12. The van der Waals surface area contributed by atoms with Crippen molar-refractivity contribution < 1.29 is 19.4 Å². The number of nitrogens with zero attached hydrogens (tertiary/aromatic N) is 2. The van der Waals surface area contributed by atoms with Gasteiger partial charge in [-0.05, 0) is 75.7 Å². The third-order valence-electron chi connectivity index (χ3n) is 6.83. The Morgan fingerprint density at radius 3 is 1.75 bits per heavy atom. The second-order valence-electron chi connectivity index (χ2n) is 10.0. The van der Waals surface area contributed by atoms with Gasteiger partial charge in [-0.15, -0.1) is 0 Å². The van der Waals surface area contributed by atoms with Gasteiger partial charge in [-0.25, -0.2) is 0 Å². The zero-order chi connectivity index (χ0) is 26.4. The Balaban J connectivity index is 0.000000179. The molecule has 1 fully saturated rings. The van der Waals surface area contributed by atoms with Crippen molar-refractivity contribution in [2.45, 2.75) is 52.7 Å². The van der Waals surface area contributed by atoms with Crippen LogP contribution in [-0.4, -0.2) is 45.5 Å². The van der Waals surface area contributed by atoms with Crippen molar-refractivity contribution in [3.63, 3.8) is 0 Å². The number of pyridine rings is 2. The molecule has 0 radical (unpaired) electrons. The first-order valence-corrected chi connectivity index (χ1v) is 12.4. The van der Waals surface area contributed by atoms with Gasteiger partial charge in [-0.3, -0.25) is 9.97 Å². The molecule has 10 heteroatoms. The summed E-state index contributed by atoms with van der Waals surface area (Å²) >= 11 is 12.3. The summed E-state index contributed by atoms with van der Waals surface area (Å²) in [4.78, 5) is 8.59. The van der Waals surface area contributed by atoms with E-state index >= 15 is 0 Å². The summed E-state index contributed by atoms with van der Waals surface area (Å²) in [5.74, 6) is 0. The van der Waals surface area contributed by atoms with E-state index in [4.69, 9.17) is 42.6 Å². The molecule has 3 heterocycles. The molecule has 0 spiro atoms. The number of aryl methyl sites for hydroxylation is 2. The highest BCUT2D eigenvalue weighted by atomic mass is 35.5. The zero-order valence-corrected chi connectivity index (χ0v) is 22.6. The van der Waals surface area contributed by atoms with Gasteiger partial charge in [0.2, 0.25) is 0 Å². The third-order valence-corrected chi connectivity index (χ3v) is 7.49. The minimum Gasteiger partial charge on any atom is -0.423 e. The standard InChI is InChI=1S/C16H19BClNO2.C10H9BClNO2/c1-10-8-11(9-12-13(18)6-7-19-14(10)12)17-20-15(2,3)16(4,5)21-17;1-6-4-7(11(14)15)5-8-9(12)2-3-13-10(6)8/h6-9H,1-5H3;2-5,14-15H,1H3. The third kappa shape index (κ3) is 5.12. The van der Waals surface area contributed by atoms with Crippen molar-refractivity contribution in [3.05, 3.63) is 70.0 Å². The lowest BCUT2D eigenvalue weighted by Gasteiger charge is -2.32. The minimum absolute atomic E-state index is 0.348. The topological polar surface area (TPSA) is 84.7 Å². The lowest BCUT2D eigenvalue weighted by molar-refractivity contribution is 0.00578. The molecule has 2 aromatic carbocycles. The second-order valence-corrected chi connectivity index (χ2v) is 10.8. The summed E-state index contributed by atoms with van der Waals surface area (Å²) in [5, 5.41) is 21.1. The Morgan fingerprint density at radius 2 is 1.25 bits per heavy atom. The average molecular weight is 525 g/mol. The lowest BCUT2D eigenvalue weighted by Crippen LogP contribution is -2.41. The minimum atomic E-state index is -1.48. The van der Waals surface area contributed by atoms with Gasteiger partial charge >= 0.3 is 14.2 Å². The van der Waals surface area contributed by atoms with Crippen LogP contribution in [0, 0.1) is 13.8 Å². The largest absolute Gasteiger partial charge is 0.494 e. The molecule has 6 nitrogen and oxygen atoms in total. The van der Waals surface area contributed by atoms with Gasteiger partial charge < -0.3 is 19.4 Å².